The summed E-state index contributed by atoms with van der Waals surface area (Å²) >= 11 is 0. The number of rotatable bonds is 5. The number of hydrogen-bond acceptors (Lipinski definition) is 3. The number of urea groups is 1. The molecule has 6 nitrogen and oxygen atoms in total. The zero-order chi connectivity index (χ0) is 19.9. The highest BCUT2D eigenvalue weighted by Crippen LogP contribution is 2.13. The number of hydrogen-bond donors (Lipinski definition) is 3. The Hall–Kier alpha value is -3.74. The molecule has 0 fully saturated rings. The van der Waals surface area contributed by atoms with E-state index < -0.39 is 6.03 Å². The maximum atomic E-state index is 12.9. The lowest BCUT2D eigenvalue weighted by atomic mass is 10.1. The van der Waals surface area contributed by atoms with Gasteiger partial charge in [-0.3, -0.25) is 10.1 Å². The molecule has 0 saturated heterocycles. The largest absolute Gasteiger partial charge is 0.348 e. The molecule has 0 atom stereocenters. The van der Waals surface area contributed by atoms with Gasteiger partial charge in [-0.1, -0.05) is 18.2 Å². The van der Waals surface area contributed by atoms with E-state index in [-0.39, 0.29) is 11.7 Å². The summed E-state index contributed by atoms with van der Waals surface area (Å²) < 4.78 is 12.9. The number of carbonyl (C=O) groups is 2. The Morgan fingerprint density at radius 3 is 2.36 bits per heavy atom. The average molecular weight is 378 g/mol. The van der Waals surface area contributed by atoms with Crippen molar-refractivity contribution in [1.82, 2.24) is 10.3 Å². The fraction of sp³-hybridized carbons (Fsp3) is 0.0952. The molecule has 0 saturated carbocycles. The molecule has 2 aromatic carbocycles. The van der Waals surface area contributed by atoms with Crippen LogP contribution in [0.5, 0.6) is 0 Å². The van der Waals surface area contributed by atoms with Gasteiger partial charge in [0, 0.05) is 24.0 Å². The zero-order valence-corrected chi connectivity index (χ0v) is 15.2. The normalized spacial score (nSPS) is 10.2. The highest BCUT2D eigenvalue weighted by atomic mass is 19.1. The van der Waals surface area contributed by atoms with Crippen LogP contribution in [0.15, 0.2) is 66.9 Å². The lowest BCUT2D eigenvalue weighted by Crippen LogP contribution is -2.23. The van der Waals surface area contributed by atoms with E-state index in [1.807, 2.05) is 13.0 Å². The first-order chi connectivity index (χ1) is 13.5. The van der Waals surface area contributed by atoms with E-state index >= 15 is 0 Å². The third kappa shape index (κ3) is 5.14. The zero-order valence-electron chi connectivity index (χ0n) is 15.2. The minimum Gasteiger partial charge on any atom is -0.348 e. The number of anilines is 2. The molecule has 0 radical (unpaired) electrons. The van der Waals surface area contributed by atoms with Gasteiger partial charge >= 0.3 is 6.03 Å². The lowest BCUT2D eigenvalue weighted by Gasteiger charge is -2.10. The van der Waals surface area contributed by atoms with Crippen LogP contribution in [0, 0.1) is 12.7 Å². The minimum atomic E-state index is -0.421. The third-order valence-corrected chi connectivity index (χ3v) is 4.01. The summed E-state index contributed by atoms with van der Waals surface area (Å²) in [6.07, 6.45) is 1.60. The van der Waals surface area contributed by atoms with Crippen LogP contribution in [-0.4, -0.2) is 16.9 Å². The van der Waals surface area contributed by atoms with Crippen LogP contribution in [-0.2, 0) is 6.54 Å². The summed E-state index contributed by atoms with van der Waals surface area (Å²) in [7, 11) is 0. The van der Waals surface area contributed by atoms with Crippen LogP contribution in [0.4, 0.5) is 20.7 Å². The average Bonchev–Trinajstić information content (AvgIpc) is 2.69. The standard InChI is InChI=1S/C21H19FN4O2/c1-14-3-2-12-23-19(14)26-21(28)25-18-10-6-16(7-11-18)20(27)24-13-15-4-8-17(22)9-5-15/h2-12H,13H2,1H3,(H,24,27)(H2,23,25,26,28). The maximum absolute atomic E-state index is 12.9. The number of carbonyl (C=O) groups excluding carboxylic acids is 2. The number of aryl methyl sites for hydroxylation is 1. The van der Waals surface area contributed by atoms with E-state index in [0.29, 0.717) is 23.6 Å². The predicted octanol–water partition coefficient (Wildman–Crippen LogP) is 4.10. The van der Waals surface area contributed by atoms with Crippen LogP contribution in [0.3, 0.4) is 0 Å². The molecule has 3 amide bonds. The molecule has 28 heavy (non-hydrogen) atoms. The predicted molar refractivity (Wildman–Crippen MR) is 106 cm³/mol. The quantitative estimate of drug-likeness (QED) is 0.625. The molecule has 3 N–H and O–H groups in total. The summed E-state index contributed by atoms with van der Waals surface area (Å²) in [4.78, 5) is 28.4. The first-order valence-electron chi connectivity index (χ1n) is 8.63. The van der Waals surface area contributed by atoms with Crippen molar-refractivity contribution in [2.75, 3.05) is 10.6 Å². The molecule has 0 spiro atoms. The Bertz CT molecular complexity index is 972. The number of benzene rings is 2. The molecular weight excluding hydrogens is 359 g/mol. The van der Waals surface area contributed by atoms with Crippen LogP contribution in [0.2, 0.25) is 0 Å². The van der Waals surface area contributed by atoms with E-state index in [0.717, 1.165) is 11.1 Å². The molecule has 0 unspecified atom stereocenters. The summed E-state index contributed by atoms with van der Waals surface area (Å²) in [5.41, 5.74) is 2.65. The Morgan fingerprint density at radius 2 is 1.68 bits per heavy atom. The second-order valence-electron chi connectivity index (χ2n) is 6.13. The van der Waals surface area contributed by atoms with E-state index in [4.69, 9.17) is 0 Å². The van der Waals surface area contributed by atoms with Gasteiger partial charge in [0.1, 0.15) is 11.6 Å². The van der Waals surface area contributed by atoms with Crippen LogP contribution >= 0.6 is 0 Å². The van der Waals surface area contributed by atoms with Crippen molar-refractivity contribution in [1.29, 1.82) is 0 Å². The Labute approximate surface area is 161 Å². The number of aromatic nitrogens is 1. The van der Waals surface area contributed by atoms with Gasteiger partial charge < -0.3 is 10.6 Å². The van der Waals surface area contributed by atoms with Gasteiger partial charge in [0.25, 0.3) is 5.91 Å². The number of nitrogens with zero attached hydrogens (tertiary/aromatic N) is 1. The van der Waals surface area contributed by atoms with Crippen LogP contribution in [0.1, 0.15) is 21.5 Å². The molecule has 0 aliphatic carbocycles. The van der Waals surface area contributed by atoms with Crippen molar-refractivity contribution >= 4 is 23.4 Å². The fourth-order valence-electron chi connectivity index (χ4n) is 2.48. The minimum absolute atomic E-state index is 0.260. The Balaban J connectivity index is 1.53. The highest BCUT2D eigenvalue weighted by Gasteiger charge is 2.08. The number of amides is 3. The summed E-state index contributed by atoms with van der Waals surface area (Å²) in [5, 5.41) is 8.13. The van der Waals surface area contributed by atoms with Gasteiger partial charge in [0.05, 0.1) is 0 Å². The van der Waals surface area contributed by atoms with Gasteiger partial charge in [-0.05, 0) is 60.5 Å². The maximum Gasteiger partial charge on any atom is 0.324 e. The Morgan fingerprint density at radius 1 is 0.964 bits per heavy atom. The first-order valence-corrected chi connectivity index (χ1v) is 8.63. The van der Waals surface area contributed by atoms with E-state index in [2.05, 4.69) is 20.9 Å². The molecular formula is C21H19FN4O2. The summed E-state index contributed by atoms with van der Waals surface area (Å²) in [6, 6.07) is 15.6. The van der Waals surface area contributed by atoms with Crippen LogP contribution < -0.4 is 16.0 Å². The first kappa shape index (κ1) is 19.0. The van der Waals surface area contributed by atoms with Crippen molar-refractivity contribution in [3.8, 4) is 0 Å². The smallest absolute Gasteiger partial charge is 0.324 e. The molecule has 0 aliphatic heterocycles. The van der Waals surface area contributed by atoms with Crippen molar-refractivity contribution in [3.63, 3.8) is 0 Å². The SMILES string of the molecule is Cc1cccnc1NC(=O)Nc1ccc(C(=O)NCc2ccc(F)cc2)cc1. The number of pyridine rings is 1. The third-order valence-electron chi connectivity index (χ3n) is 4.01. The second kappa shape index (κ2) is 8.77. The summed E-state index contributed by atoms with van der Waals surface area (Å²) in [6.45, 7) is 2.15. The van der Waals surface area contributed by atoms with Gasteiger partial charge in [-0.25, -0.2) is 14.2 Å². The van der Waals surface area contributed by atoms with E-state index in [1.54, 1.807) is 48.7 Å². The molecule has 3 aromatic rings. The molecule has 0 bridgehead atoms. The summed E-state index contributed by atoms with van der Waals surface area (Å²) in [5.74, 6) is -0.0957. The van der Waals surface area contributed by atoms with E-state index in [9.17, 15) is 14.0 Å². The number of halogens is 1. The number of nitrogens with one attached hydrogen (secondary N) is 3. The van der Waals surface area contributed by atoms with Crippen LogP contribution in [0.25, 0.3) is 0 Å². The highest BCUT2D eigenvalue weighted by molar-refractivity contribution is 6.00. The molecule has 142 valence electrons. The van der Waals surface area contributed by atoms with Crippen molar-refractivity contribution < 1.29 is 14.0 Å². The van der Waals surface area contributed by atoms with Gasteiger partial charge in [0.15, 0.2) is 0 Å². The second-order valence-corrected chi connectivity index (χ2v) is 6.13. The molecule has 1 heterocycles. The van der Waals surface area contributed by atoms with Gasteiger partial charge in [0.2, 0.25) is 0 Å². The molecule has 0 aliphatic rings. The van der Waals surface area contributed by atoms with Crippen molar-refractivity contribution in [2.45, 2.75) is 13.5 Å². The van der Waals surface area contributed by atoms with Crippen molar-refractivity contribution in [3.05, 3.63) is 89.4 Å². The van der Waals surface area contributed by atoms with Gasteiger partial charge in [-0.2, -0.15) is 0 Å². The Kier molecular flexibility index (Phi) is 5.96. The van der Waals surface area contributed by atoms with Gasteiger partial charge in [-0.15, -0.1) is 0 Å². The molecule has 1 aromatic heterocycles. The molecule has 7 heteroatoms. The topological polar surface area (TPSA) is 83.1 Å². The fourth-order valence-corrected chi connectivity index (χ4v) is 2.48. The van der Waals surface area contributed by atoms with Crippen molar-refractivity contribution in [2.24, 2.45) is 0 Å². The van der Waals surface area contributed by atoms with E-state index in [1.165, 1.54) is 12.1 Å². The lowest BCUT2D eigenvalue weighted by molar-refractivity contribution is 0.0951. The molecule has 3 rings (SSSR count). The monoisotopic (exact) mass is 378 g/mol.